The van der Waals surface area contributed by atoms with Crippen molar-refractivity contribution >= 4 is 30.1 Å². The summed E-state index contributed by atoms with van der Waals surface area (Å²) in [6, 6.07) is 14.5. The zero-order valence-corrected chi connectivity index (χ0v) is 16.9. The lowest BCUT2D eigenvalue weighted by Gasteiger charge is -2.09. The van der Waals surface area contributed by atoms with Crippen LogP contribution in [0.3, 0.4) is 0 Å². The number of aliphatic imine (C=N–C) groups is 1. The fourth-order valence-electron chi connectivity index (χ4n) is 3.21. The molecule has 2 aromatic carbocycles. The van der Waals surface area contributed by atoms with Crippen LogP contribution >= 0.6 is 0 Å². The van der Waals surface area contributed by atoms with E-state index in [1.165, 1.54) is 6.07 Å². The first-order valence-corrected chi connectivity index (χ1v) is 9.83. The molecule has 0 radical (unpaired) electrons. The molecule has 1 aromatic heterocycles. The van der Waals surface area contributed by atoms with Crippen LogP contribution in [0.2, 0.25) is 0 Å². The van der Waals surface area contributed by atoms with E-state index in [9.17, 15) is 9.18 Å². The van der Waals surface area contributed by atoms with Crippen molar-refractivity contribution in [3.63, 3.8) is 0 Å². The second kappa shape index (κ2) is 10.3. The molecule has 1 N–H and O–H groups in total. The molecule has 0 saturated carbocycles. The number of pyridine rings is 1. The summed E-state index contributed by atoms with van der Waals surface area (Å²) in [5.74, 6) is -0.361. The maximum Gasteiger partial charge on any atom is 0.224 e. The topological polar surface area (TPSA) is 54.4 Å². The van der Waals surface area contributed by atoms with Crippen molar-refractivity contribution in [3.05, 3.63) is 83.9 Å². The third-order valence-electron chi connectivity index (χ3n) is 4.71. The molecule has 5 heteroatoms. The van der Waals surface area contributed by atoms with Crippen LogP contribution in [0, 0.1) is 5.82 Å². The van der Waals surface area contributed by atoms with Crippen LogP contribution in [0.25, 0.3) is 17.2 Å². The number of hydrogen-bond acceptors (Lipinski definition) is 3. The van der Waals surface area contributed by atoms with Crippen molar-refractivity contribution in [2.24, 2.45) is 4.99 Å². The quantitative estimate of drug-likeness (QED) is 0.456. The molecule has 0 spiro atoms. The van der Waals surface area contributed by atoms with Gasteiger partial charge in [0.25, 0.3) is 0 Å². The highest BCUT2D eigenvalue weighted by Gasteiger charge is 2.10. The Hall–Kier alpha value is -3.60. The molecule has 3 aromatic rings. The van der Waals surface area contributed by atoms with E-state index < -0.39 is 0 Å². The molecule has 0 aliphatic carbocycles. The molecule has 0 saturated heterocycles. The molecular formula is C25H24FN3O. The molecule has 30 heavy (non-hydrogen) atoms. The summed E-state index contributed by atoms with van der Waals surface area (Å²) in [6.45, 7) is 5.42. The van der Waals surface area contributed by atoms with E-state index in [4.69, 9.17) is 0 Å². The average molecular weight is 401 g/mol. The standard InChI is InChI=1S/C25H24FN3O/c1-3-6-20-15-22(23(26)16-24(20)27-2)19-12-10-18(11-13-19)7-4-9-25(30)29-21-8-5-14-28-17-21/h3,5-6,8,10-17H,2,4,7,9H2,1H3,(H,29,30)/b6-3-. The van der Waals surface area contributed by atoms with Gasteiger partial charge in [-0.1, -0.05) is 36.4 Å². The smallest absolute Gasteiger partial charge is 0.224 e. The molecule has 1 amide bonds. The Morgan fingerprint density at radius 3 is 2.70 bits per heavy atom. The van der Waals surface area contributed by atoms with Gasteiger partial charge < -0.3 is 5.32 Å². The number of hydrogen-bond donors (Lipinski definition) is 1. The highest BCUT2D eigenvalue weighted by molar-refractivity contribution is 5.90. The van der Waals surface area contributed by atoms with E-state index in [1.54, 1.807) is 24.5 Å². The first kappa shape index (κ1) is 21.1. The molecule has 0 aliphatic rings. The molecule has 4 nitrogen and oxygen atoms in total. The minimum atomic E-state index is -0.328. The molecular weight excluding hydrogens is 377 g/mol. The van der Waals surface area contributed by atoms with E-state index in [1.807, 2.05) is 49.4 Å². The van der Waals surface area contributed by atoms with Gasteiger partial charge in [-0.15, -0.1) is 0 Å². The van der Waals surface area contributed by atoms with Crippen LogP contribution in [0.1, 0.15) is 30.9 Å². The van der Waals surface area contributed by atoms with E-state index in [0.717, 1.165) is 29.5 Å². The highest BCUT2D eigenvalue weighted by atomic mass is 19.1. The van der Waals surface area contributed by atoms with Gasteiger partial charge in [-0.2, -0.15) is 0 Å². The zero-order valence-electron chi connectivity index (χ0n) is 16.9. The predicted octanol–water partition coefficient (Wildman–Crippen LogP) is 6.21. The van der Waals surface area contributed by atoms with Crippen molar-refractivity contribution in [2.75, 3.05) is 5.32 Å². The lowest BCUT2D eigenvalue weighted by atomic mass is 9.98. The molecule has 0 fully saturated rings. The molecule has 1 heterocycles. The number of carbonyl (C=O) groups is 1. The van der Waals surface area contributed by atoms with Crippen LogP contribution in [0.5, 0.6) is 0 Å². The maximum absolute atomic E-state index is 14.6. The SMILES string of the molecule is C=Nc1cc(F)c(-c2ccc(CCCC(=O)Nc3cccnc3)cc2)cc1/C=C\C. The van der Waals surface area contributed by atoms with Crippen molar-refractivity contribution in [1.82, 2.24) is 4.98 Å². The van der Waals surface area contributed by atoms with Crippen LogP contribution in [0.15, 0.2) is 72.0 Å². The largest absolute Gasteiger partial charge is 0.325 e. The Labute approximate surface area is 176 Å². The molecule has 0 bridgehead atoms. The van der Waals surface area contributed by atoms with Crippen molar-refractivity contribution in [2.45, 2.75) is 26.2 Å². The molecule has 0 unspecified atom stereocenters. The normalized spacial score (nSPS) is 10.9. The van der Waals surface area contributed by atoms with Crippen molar-refractivity contribution in [1.29, 1.82) is 0 Å². The van der Waals surface area contributed by atoms with Gasteiger partial charge in [0.2, 0.25) is 5.91 Å². The summed E-state index contributed by atoms with van der Waals surface area (Å²) in [5, 5.41) is 2.83. The predicted molar refractivity (Wildman–Crippen MR) is 122 cm³/mol. The van der Waals surface area contributed by atoms with Crippen molar-refractivity contribution in [3.8, 4) is 11.1 Å². The summed E-state index contributed by atoms with van der Waals surface area (Å²) >= 11 is 0. The van der Waals surface area contributed by atoms with E-state index in [-0.39, 0.29) is 11.7 Å². The second-order valence-corrected chi connectivity index (χ2v) is 6.89. The van der Waals surface area contributed by atoms with Gasteiger partial charge in [0, 0.05) is 29.8 Å². The zero-order chi connectivity index (χ0) is 21.3. The summed E-state index contributed by atoms with van der Waals surface area (Å²) in [5.41, 5.74) is 4.48. The third-order valence-corrected chi connectivity index (χ3v) is 4.71. The van der Waals surface area contributed by atoms with Gasteiger partial charge in [0.1, 0.15) is 5.82 Å². The van der Waals surface area contributed by atoms with Crippen LogP contribution in [0.4, 0.5) is 15.8 Å². The first-order chi connectivity index (χ1) is 14.6. The van der Waals surface area contributed by atoms with E-state index in [0.29, 0.717) is 23.4 Å². The van der Waals surface area contributed by atoms with E-state index in [2.05, 4.69) is 22.0 Å². The number of rotatable bonds is 8. The number of amides is 1. The minimum absolute atomic E-state index is 0.0332. The summed E-state index contributed by atoms with van der Waals surface area (Å²) < 4.78 is 14.6. The number of nitrogens with one attached hydrogen (secondary N) is 1. The minimum Gasteiger partial charge on any atom is -0.325 e. The van der Waals surface area contributed by atoms with Crippen LogP contribution in [-0.2, 0) is 11.2 Å². The van der Waals surface area contributed by atoms with Crippen LogP contribution < -0.4 is 5.32 Å². The number of aryl methyl sites for hydroxylation is 1. The molecule has 0 aliphatic heterocycles. The van der Waals surface area contributed by atoms with Gasteiger partial charge in [-0.3, -0.25) is 14.8 Å². The lowest BCUT2D eigenvalue weighted by molar-refractivity contribution is -0.116. The second-order valence-electron chi connectivity index (χ2n) is 6.89. The number of allylic oxidation sites excluding steroid dienone is 1. The number of aromatic nitrogens is 1. The van der Waals surface area contributed by atoms with E-state index >= 15 is 0 Å². The van der Waals surface area contributed by atoms with Gasteiger partial charge in [-0.05, 0) is 55.8 Å². The number of carbonyl (C=O) groups excluding carboxylic acids is 1. The monoisotopic (exact) mass is 401 g/mol. The van der Waals surface area contributed by atoms with Gasteiger partial charge in [0.05, 0.1) is 17.6 Å². The maximum atomic E-state index is 14.6. The fourth-order valence-corrected chi connectivity index (χ4v) is 3.21. The number of anilines is 1. The number of halogens is 1. The average Bonchev–Trinajstić information content (AvgIpc) is 2.76. The summed E-state index contributed by atoms with van der Waals surface area (Å²) in [4.78, 5) is 19.9. The van der Waals surface area contributed by atoms with Gasteiger partial charge in [-0.25, -0.2) is 4.39 Å². The summed E-state index contributed by atoms with van der Waals surface area (Å²) in [6.07, 6.45) is 8.98. The van der Waals surface area contributed by atoms with Gasteiger partial charge >= 0.3 is 0 Å². The lowest BCUT2D eigenvalue weighted by Crippen LogP contribution is -2.11. The molecule has 152 valence electrons. The Kier molecular flexibility index (Phi) is 7.22. The van der Waals surface area contributed by atoms with Gasteiger partial charge in [0.15, 0.2) is 0 Å². The molecule has 3 rings (SSSR count). The first-order valence-electron chi connectivity index (χ1n) is 9.83. The molecule has 0 atom stereocenters. The Morgan fingerprint density at radius 1 is 1.23 bits per heavy atom. The Balaban J connectivity index is 1.62. The highest BCUT2D eigenvalue weighted by Crippen LogP contribution is 2.31. The van der Waals surface area contributed by atoms with Crippen LogP contribution in [-0.4, -0.2) is 17.6 Å². The summed E-state index contributed by atoms with van der Waals surface area (Å²) in [7, 11) is 0. The number of nitrogens with zero attached hydrogens (tertiary/aromatic N) is 2. The third kappa shape index (κ3) is 5.47. The Bertz CT molecular complexity index is 1040. The fraction of sp³-hybridized carbons (Fsp3) is 0.160. The number of benzene rings is 2. The Morgan fingerprint density at radius 2 is 2.03 bits per heavy atom. The van der Waals surface area contributed by atoms with Crippen molar-refractivity contribution < 1.29 is 9.18 Å².